The minimum atomic E-state index is -4.79. The SMILES string of the molecule is Fc1ccc(-c2ccc(Cl)c(Cl)c2Cl)cc1C(F)(F)F. The van der Waals surface area contributed by atoms with Crippen molar-refractivity contribution in [3.05, 3.63) is 56.8 Å². The van der Waals surface area contributed by atoms with Crippen molar-refractivity contribution in [1.29, 1.82) is 0 Å². The standard InChI is InChI=1S/C13H5Cl3F4/c14-9-3-2-7(11(15)12(9)16)6-1-4-10(17)8(5-6)13(18,19)20/h1-5H. The molecule has 0 saturated heterocycles. The fourth-order valence-corrected chi connectivity index (χ4v) is 2.30. The lowest BCUT2D eigenvalue weighted by atomic mass is 10.0. The number of hydrogen-bond acceptors (Lipinski definition) is 0. The molecule has 0 amide bonds. The van der Waals surface area contributed by atoms with Gasteiger partial charge in [0.1, 0.15) is 5.82 Å². The van der Waals surface area contributed by atoms with Crippen LogP contribution in [0.5, 0.6) is 0 Å². The molecule has 0 spiro atoms. The molecule has 0 aliphatic rings. The van der Waals surface area contributed by atoms with E-state index in [-0.39, 0.29) is 26.2 Å². The molecule has 0 N–H and O–H groups in total. The zero-order valence-electron chi connectivity index (χ0n) is 9.53. The minimum Gasteiger partial charge on any atom is -0.206 e. The van der Waals surface area contributed by atoms with Crippen LogP contribution in [0.1, 0.15) is 5.56 Å². The van der Waals surface area contributed by atoms with Crippen LogP contribution < -0.4 is 0 Å². The van der Waals surface area contributed by atoms with E-state index in [1.807, 2.05) is 0 Å². The number of halogens is 7. The van der Waals surface area contributed by atoms with Crippen LogP contribution in [0.25, 0.3) is 11.1 Å². The second-order valence-corrected chi connectivity index (χ2v) is 5.08. The maximum absolute atomic E-state index is 13.2. The van der Waals surface area contributed by atoms with E-state index in [1.54, 1.807) is 0 Å². The summed E-state index contributed by atoms with van der Waals surface area (Å²) in [7, 11) is 0. The molecule has 2 aromatic rings. The van der Waals surface area contributed by atoms with Crippen molar-refractivity contribution in [2.75, 3.05) is 0 Å². The maximum Gasteiger partial charge on any atom is 0.419 e. The molecular formula is C13H5Cl3F4. The van der Waals surface area contributed by atoms with Crippen LogP contribution in [0.15, 0.2) is 30.3 Å². The third-order valence-corrected chi connectivity index (χ3v) is 3.91. The molecule has 2 rings (SSSR count). The van der Waals surface area contributed by atoms with E-state index >= 15 is 0 Å². The molecule has 0 aliphatic carbocycles. The first-order valence-electron chi connectivity index (χ1n) is 5.22. The van der Waals surface area contributed by atoms with E-state index in [1.165, 1.54) is 18.2 Å². The van der Waals surface area contributed by atoms with Gasteiger partial charge in [-0.1, -0.05) is 46.9 Å². The van der Waals surface area contributed by atoms with E-state index in [2.05, 4.69) is 0 Å². The molecule has 0 nitrogen and oxygen atoms in total. The Bertz CT molecular complexity index is 665. The highest BCUT2D eigenvalue weighted by atomic mass is 35.5. The summed E-state index contributed by atoms with van der Waals surface area (Å²) >= 11 is 17.5. The lowest BCUT2D eigenvalue weighted by Crippen LogP contribution is -2.08. The zero-order chi connectivity index (χ0) is 15.1. The largest absolute Gasteiger partial charge is 0.419 e. The third-order valence-electron chi connectivity index (χ3n) is 2.62. The third kappa shape index (κ3) is 2.87. The first-order valence-corrected chi connectivity index (χ1v) is 6.36. The van der Waals surface area contributed by atoms with Gasteiger partial charge in [0.25, 0.3) is 0 Å². The smallest absolute Gasteiger partial charge is 0.206 e. The Morgan fingerprint density at radius 3 is 2.10 bits per heavy atom. The van der Waals surface area contributed by atoms with Crippen LogP contribution in [0.2, 0.25) is 15.1 Å². The number of hydrogen-bond donors (Lipinski definition) is 0. The van der Waals surface area contributed by atoms with Gasteiger partial charge in [-0.25, -0.2) is 4.39 Å². The van der Waals surface area contributed by atoms with E-state index in [4.69, 9.17) is 34.8 Å². The molecular weight excluding hydrogens is 338 g/mol. The van der Waals surface area contributed by atoms with Crippen molar-refractivity contribution in [3.63, 3.8) is 0 Å². The highest BCUT2D eigenvalue weighted by molar-refractivity contribution is 6.49. The molecule has 0 aromatic heterocycles. The molecule has 0 atom stereocenters. The van der Waals surface area contributed by atoms with Crippen molar-refractivity contribution < 1.29 is 17.6 Å². The number of benzene rings is 2. The van der Waals surface area contributed by atoms with Crippen LogP contribution in [0.3, 0.4) is 0 Å². The predicted molar refractivity (Wildman–Crippen MR) is 71.9 cm³/mol. The van der Waals surface area contributed by atoms with Gasteiger partial charge in [-0.15, -0.1) is 0 Å². The van der Waals surface area contributed by atoms with Crippen molar-refractivity contribution in [1.82, 2.24) is 0 Å². The molecule has 0 heterocycles. The van der Waals surface area contributed by atoms with E-state index in [9.17, 15) is 17.6 Å². The molecule has 0 fully saturated rings. The molecule has 0 radical (unpaired) electrons. The molecule has 0 unspecified atom stereocenters. The first kappa shape index (κ1) is 15.4. The van der Waals surface area contributed by atoms with Crippen molar-refractivity contribution in [2.45, 2.75) is 6.18 Å². The normalized spacial score (nSPS) is 11.8. The van der Waals surface area contributed by atoms with Crippen LogP contribution in [0, 0.1) is 5.82 Å². The van der Waals surface area contributed by atoms with Crippen LogP contribution in [-0.2, 0) is 6.18 Å². The van der Waals surface area contributed by atoms with Gasteiger partial charge in [-0.2, -0.15) is 13.2 Å². The summed E-state index contributed by atoms with van der Waals surface area (Å²) in [6, 6.07) is 5.43. The van der Waals surface area contributed by atoms with Crippen LogP contribution in [-0.4, -0.2) is 0 Å². The lowest BCUT2D eigenvalue weighted by molar-refractivity contribution is -0.139. The Morgan fingerprint density at radius 1 is 0.850 bits per heavy atom. The molecule has 0 bridgehead atoms. The summed E-state index contributed by atoms with van der Waals surface area (Å²) in [5, 5.41) is 0.223. The second kappa shape index (κ2) is 5.43. The average Bonchev–Trinajstić information content (AvgIpc) is 2.36. The summed E-state index contributed by atoms with van der Waals surface area (Å²) in [4.78, 5) is 0. The topological polar surface area (TPSA) is 0 Å². The van der Waals surface area contributed by atoms with E-state index in [0.29, 0.717) is 6.07 Å². The Labute approximate surface area is 126 Å². The molecule has 106 valence electrons. The Morgan fingerprint density at radius 2 is 1.50 bits per heavy atom. The summed E-state index contributed by atoms with van der Waals surface area (Å²) in [6.45, 7) is 0. The van der Waals surface area contributed by atoms with Crippen molar-refractivity contribution in [3.8, 4) is 11.1 Å². The number of alkyl halides is 3. The highest BCUT2D eigenvalue weighted by Crippen LogP contribution is 2.40. The monoisotopic (exact) mass is 342 g/mol. The second-order valence-electron chi connectivity index (χ2n) is 3.92. The molecule has 0 saturated carbocycles. The fourth-order valence-electron chi connectivity index (χ4n) is 1.66. The highest BCUT2D eigenvalue weighted by Gasteiger charge is 2.34. The zero-order valence-corrected chi connectivity index (χ0v) is 11.8. The summed E-state index contributed by atoms with van der Waals surface area (Å²) in [5.41, 5.74) is -1.02. The Hall–Kier alpha value is -0.970. The Kier molecular flexibility index (Phi) is 4.19. The summed E-state index contributed by atoms with van der Waals surface area (Å²) < 4.78 is 51.2. The van der Waals surface area contributed by atoms with Gasteiger partial charge in [-0.05, 0) is 23.8 Å². The fraction of sp³-hybridized carbons (Fsp3) is 0.0769. The molecule has 7 heteroatoms. The lowest BCUT2D eigenvalue weighted by Gasteiger charge is -2.12. The molecule has 0 aliphatic heterocycles. The average molecular weight is 344 g/mol. The van der Waals surface area contributed by atoms with Crippen molar-refractivity contribution in [2.24, 2.45) is 0 Å². The quantitative estimate of drug-likeness (QED) is 0.411. The molecule has 20 heavy (non-hydrogen) atoms. The van der Waals surface area contributed by atoms with E-state index in [0.717, 1.165) is 6.07 Å². The van der Waals surface area contributed by atoms with Gasteiger partial charge in [0.2, 0.25) is 0 Å². The number of rotatable bonds is 1. The predicted octanol–water partition coefficient (Wildman–Crippen LogP) is 6.47. The van der Waals surface area contributed by atoms with Gasteiger partial charge < -0.3 is 0 Å². The van der Waals surface area contributed by atoms with Crippen LogP contribution >= 0.6 is 34.8 Å². The van der Waals surface area contributed by atoms with Gasteiger partial charge in [0, 0.05) is 5.56 Å². The molecule has 2 aromatic carbocycles. The van der Waals surface area contributed by atoms with Gasteiger partial charge in [0.15, 0.2) is 0 Å². The van der Waals surface area contributed by atoms with Gasteiger partial charge >= 0.3 is 6.18 Å². The minimum absolute atomic E-state index is 0.0129. The van der Waals surface area contributed by atoms with E-state index < -0.39 is 17.6 Å². The van der Waals surface area contributed by atoms with Gasteiger partial charge in [0.05, 0.1) is 20.6 Å². The van der Waals surface area contributed by atoms with Gasteiger partial charge in [-0.3, -0.25) is 0 Å². The van der Waals surface area contributed by atoms with Crippen LogP contribution in [0.4, 0.5) is 17.6 Å². The first-order chi connectivity index (χ1) is 9.21. The maximum atomic E-state index is 13.2. The van der Waals surface area contributed by atoms with Crippen molar-refractivity contribution >= 4 is 34.8 Å². The summed E-state index contributed by atoms with van der Waals surface area (Å²) in [5.74, 6) is -1.35. The Balaban J connectivity index is 2.63. The summed E-state index contributed by atoms with van der Waals surface area (Å²) in [6.07, 6.45) is -4.79.